The van der Waals surface area contributed by atoms with Gasteiger partial charge in [0.2, 0.25) is 0 Å². The number of hydrogen-bond acceptors (Lipinski definition) is 0. The van der Waals surface area contributed by atoms with Gasteiger partial charge in [-0.25, -0.2) is 0 Å². The fourth-order valence-corrected chi connectivity index (χ4v) is 0.554. The van der Waals surface area contributed by atoms with Crippen LogP contribution in [0.5, 0.6) is 0 Å². The van der Waals surface area contributed by atoms with Gasteiger partial charge in [0, 0.05) is 0 Å². The molecule has 0 fully saturated rings. The molecule has 0 aromatic heterocycles. The van der Waals surface area contributed by atoms with Gasteiger partial charge in [0.25, 0.3) is 0 Å². The Kier molecular flexibility index (Phi) is 7.66. The molecule has 0 aliphatic rings. The predicted octanol–water partition coefficient (Wildman–Crippen LogP) is -3.31. The Hall–Kier alpha value is 0.215. The quantitative estimate of drug-likeness (QED) is 0.320. The van der Waals surface area contributed by atoms with Crippen LogP contribution in [-0.2, 0) is 0 Å². The second kappa shape index (κ2) is 5.96. The first-order chi connectivity index (χ1) is 3.79. The molecule has 1 nitrogen and oxygen atoms in total. The van der Waals surface area contributed by atoms with Gasteiger partial charge >= 0.3 is 37.7 Å². The molecule has 0 heterocycles. The zero-order chi connectivity index (χ0) is 5.98. The molecular formula is C7H8Li2N+. The first kappa shape index (κ1) is 12.9. The monoisotopic (exact) mass is 120 g/mol. The van der Waals surface area contributed by atoms with Gasteiger partial charge in [0.05, 0.1) is 0 Å². The average molecular weight is 120 g/mol. The first-order valence-corrected chi connectivity index (χ1v) is 2.57. The summed E-state index contributed by atoms with van der Waals surface area (Å²) < 4.78 is 0. The second-order valence-electron chi connectivity index (χ2n) is 1.87. The molecule has 0 spiro atoms. The van der Waals surface area contributed by atoms with Crippen molar-refractivity contribution in [3.8, 4) is 0 Å². The van der Waals surface area contributed by atoms with E-state index < -0.39 is 0 Å². The Morgan fingerprint density at radius 1 is 1.00 bits per heavy atom. The molecule has 42 valence electrons. The molecule has 1 aromatic carbocycles. The second-order valence-corrected chi connectivity index (χ2v) is 1.87. The van der Waals surface area contributed by atoms with Crippen LogP contribution in [0.25, 0.3) is 5.73 Å². The molecule has 0 amide bonds. The maximum absolute atomic E-state index is 7.09. The molecule has 3 heteroatoms. The smallest absolute Gasteiger partial charge is 0.699 e. The van der Waals surface area contributed by atoms with Crippen molar-refractivity contribution in [2.45, 2.75) is 6.92 Å². The van der Waals surface area contributed by atoms with Crippen molar-refractivity contribution in [3.05, 3.63) is 35.6 Å². The molecule has 0 saturated heterocycles. The number of aryl methyl sites for hydroxylation is 1. The van der Waals surface area contributed by atoms with Crippen LogP contribution >= 0.6 is 0 Å². The van der Waals surface area contributed by atoms with Gasteiger partial charge in [-0.1, -0.05) is 29.8 Å². The number of nitrogens with one attached hydrogen (secondary N) is 1. The van der Waals surface area contributed by atoms with Gasteiger partial charge < -0.3 is 5.73 Å². The van der Waals surface area contributed by atoms with Gasteiger partial charge in [-0.15, -0.1) is 5.69 Å². The number of hydrogen-bond donors (Lipinski definition) is 0. The van der Waals surface area contributed by atoms with Crippen molar-refractivity contribution in [2.75, 3.05) is 0 Å². The maximum Gasteiger partial charge on any atom is 1.00 e. The van der Waals surface area contributed by atoms with E-state index in [1.165, 1.54) is 5.56 Å². The normalized spacial score (nSPS) is 7.30. The van der Waals surface area contributed by atoms with Crippen LogP contribution in [0.2, 0.25) is 0 Å². The minimum absolute atomic E-state index is 0. The van der Waals surface area contributed by atoms with E-state index in [9.17, 15) is 0 Å². The summed E-state index contributed by atoms with van der Waals surface area (Å²) in [6.45, 7) is 2.01. The summed E-state index contributed by atoms with van der Waals surface area (Å²) >= 11 is 0. The minimum atomic E-state index is 0. The molecule has 1 aromatic rings. The first-order valence-electron chi connectivity index (χ1n) is 2.57. The third-order valence-electron chi connectivity index (χ3n) is 1.05. The van der Waals surface area contributed by atoms with E-state index in [1.54, 1.807) is 12.1 Å². The standard InChI is InChI=1S/C7H8N.2Li/c1-6-2-4-7(8)5-3-6;;/h2-5,8H,1H3;;/q-1;2*+1. The molecule has 0 saturated carbocycles. The summed E-state index contributed by atoms with van der Waals surface area (Å²) in [4.78, 5) is 0. The number of rotatable bonds is 0. The van der Waals surface area contributed by atoms with Gasteiger partial charge in [-0.05, 0) is 6.92 Å². The summed E-state index contributed by atoms with van der Waals surface area (Å²) in [5.74, 6) is 0. The summed E-state index contributed by atoms with van der Waals surface area (Å²) in [6.07, 6.45) is 0. The fourth-order valence-electron chi connectivity index (χ4n) is 0.554. The zero-order valence-electron chi connectivity index (χ0n) is 6.81. The third-order valence-corrected chi connectivity index (χ3v) is 1.05. The Morgan fingerprint density at radius 3 is 1.70 bits per heavy atom. The van der Waals surface area contributed by atoms with Crippen molar-refractivity contribution in [2.24, 2.45) is 0 Å². The predicted molar refractivity (Wildman–Crippen MR) is 35.2 cm³/mol. The van der Waals surface area contributed by atoms with Crippen LogP contribution < -0.4 is 37.7 Å². The summed E-state index contributed by atoms with van der Waals surface area (Å²) in [5.41, 5.74) is 8.88. The van der Waals surface area contributed by atoms with Gasteiger partial charge in [0.15, 0.2) is 0 Å². The van der Waals surface area contributed by atoms with Gasteiger partial charge in [-0.2, -0.15) is 0 Å². The largest absolute Gasteiger partial charge is 1.00 e. The van der Waals surface area contributed by atoms with E-state index in [-0.39, 0.29) is 37.7 Å². The third kappa shape index (κ3) is 4.10. The Morgan fingerprint density at radius 2 is 1.40 bits per heavy atom. The fraction of sp³-hybridized carbons (Fsp3) is 0.143. The van der Waals surface area contributed by atoms with E-state index in [0.29, 0.717) is 5.69 Å². The molecule has 0 atom stereocenters. The Balaban J connectivity index is 0. The molecule has 1 rings (SSSR count). The molecule has 0 radical (unpaired) electrons. The summed E-state index contributed by atoms with van der Waals surface area (Å²) in [6, 6.07) is 7.44. The molecule has 0 unspecified atom stereocenters. The van der Waals surface area contributed by atoms with E-state index >= 15 is 0 Å². The van der Waals surface area contributed by atoms with Crippen LogP contribution in [0.4, 0.5) is 5.69 Å². The van der Waals surface area contributed by atoms with Gasteiger partial charge in [-0.3, -0.25) is 0 Å². The van der Waals surface area contributed by atoms with Crippen molar-refractivity contribution in [1.82, 2.24) is 0 Å². The van der Waals surface area contributed by atoms with Crippen LogP contribution in [0.1, 0.15) is 5.56 Å². The molecule has 1 N–H and O–H groups in total. The topological polar surface area (TPSA) is 23.8 Å². The summed E-state index contributed by atoms with van der Waals surface area (Å²) in [7, 11) is 0. The SMILES string of the molecule is Cc1ccc([NH-])cc1.[Li+].[Li+]. The molecule has 0 bridgehead atoms. The van der Waals surface area contributed by atoms with E-state index in [4.69, 9.17) is 5.73 Å². The zero-order valence-corrected chi connectivity index (χ0v) is 6.81. The van der Waals surface area contributed by atoms with Crippen molar-refractivity contribution >= 4 is 5.69 Å². The van der Waals surface area contributed by atoms with Crippen LogP contribution in [-0.4, -0.2) is 0 Å². The summed E-state index contributed by atoms with van der Waals surface area (Å²) in [5, 5.41) is 0. The van der Waals surface area contributed by atoms with Crippen LogP contribution in [0.3, 0.4) is 0 Å². The average Bonchev–Trinajstić information content (AvgIpc) is 1.77. The van der Waals surface area contributed by atoms with E-state index in [0.717, 1.165) is 0 Å². The number of benzene rings is 1. The molecule has 0 aliphatic heterocycles. The van der Waals surface area contributed by atoms with Gasteiger partial charge in [0.1, 0.15) is 0 Å². The Labute approximate surface area is 85.7 Å². The minimum Gasteiger partial charge on any atom is -0.699 e. The van der Waals surface area contributed by atoms with E-state index in [1.807, 2.05) is 19.1 Å². The van der Waals surface area contributed by atoms with Crippen molar-refractivity contribution < 1.29 is 37.7 Å². The van der Waals surface area contributed by atoms with E-state index in [2.05, 4.69) is 0 Å². The maximum atomic E-state index is 7.09. The van der Waals surface area contributed by atoms with Crippen molar-refractivity contribution in [1.29, 1.82) is 0 Å². The molecule has 0 aliphatic carbocycles. The Bertz CT molecular complexity index is 150. The van der Waals surface area contributed by atoms with Crippen LogP contribution in [0, 0.1) is 6.92 Å². The molecule has 10 heavy (non-hydrogen) atoms. The van der Waals surface area contributed by atoms with Crippen molar-refractivity contribution in [3.63, 3.8) is 0 Å². The van der Waals surface area contributed by atoms with Crippen LogP contribution in [0.15, 0.2) is 24.3 Å². The molecular weight excluding hydrogens is 112 g/mol.